The molecule has 8 atom stereocenters. The van der Waals surface area contributed by atoms with Crippen molar-refractivity contribution in [1.29, 1.82) is 0 Å². The largest absolute Gasteiger partial charge is 0.481 e. The summed E-state index contributed by atoms with van der Waals surface area (Å²) in [7, 11) is -16.5. The van der Waals surface area contributed by atoms with E-state index in [0.717, 1.165) is 48.2 Å². The molecule has 1 aliphatic rings. The number of carbonyl (C=O) groups excluding carboxylic acids is 3. The van der Waals surface area contributed by atoms with Crippen LogP contribution in [-0.4, -0.2) is 134 Å². The van der Waals surface area contributed by atoms with Crippen molar-refractivity contribution in [1.82, 2.24) is 30.2 Å². The molecule has 25 nitrogen and oxygen atoms in total. The summed E-state index contributed by atoms with van der Waals surface area (Å²) in [6, 6.07) is 0. The number of carbonyl (C=O) groups is 3. The Morgan fingerprint density at radius 2 is 1.60 bits per heavy atom. The van der Waals surface area contributed by atoms with E-state index in [4.69, 9.17) is 19.5 Å². The maximum atomic E-state index is 12.7. The van der Waals surface area contributed by atoms with Crippen molar-refractivity contribution in [3.05, 3.63) is 49.1 Å². The van der Waals surface area contributed by atoms with Crippen LogP contribution in [0.5, 0.6) is 0 Å². The van der Waals surface area contributed by atoms with E-state index in [0.29, 0.717) is 12.8 Å². The number of aliphatic hydroxyl groups excluding tert-OH is 3. The van der Waals surface area contributed by atoms with Crippen molar-refractivity contribution in [2.45, 2.75) is 122 Å². The third kappa shape index (κ3) is 21.4. The number of fused-ring (bicyclic) bond motifs is 1. The molecule has 0 bridgehead atoms. The lowest BCUT2D eigenvalue weighted by Gasteiger charge is -2.30. The van der Waals surface area contributed by atoms with Crippen LogP contribution in [0.1, 0.15) is 91.2 Å². The topological polar surface area (TPSA) is 384 Å². The van der Waals surface area contributed by atoms with Gasteiger partial charge in [0, 0.05) is 37.1 Å². The van der Waals surface area contributed by atoms with Crippen LogP contribution in [-0.2, 0) is 50.7 Å². The van der Waals surface area contributed by atoms with E-state index < -0.39 is 90.7 Å². The number of nitrogens with zero attached hydrogens (tertiary/aromatic N) is 4. The number of hydrogen-bond donors (Lipinski definition) is 10. The number of aromatic nitrogens is 4. The number of nitrogens with two attached hydrogens (primary N) is 1. The Balaban J connectivity index is 1.33. The Kier molecular flexibility index (Phi) is 24.8. The number of thioether (sulfide) groups is 1. The van der Waals surface area contributed by atoms with Crippen LogP contribution in [0.4, 0.5) is 5.82 Å². The van der Waals surface area contributed by atoms with E-state index in [9.17, 15) is 63.0 Å². The molecule has 2 unspecified atom stereocenters. The fourth-order valence-electron chi connectivity index (χ4n) is 6.23. The Morgan fingerprint density at radius 3 is 2.28 bits per heavy atom. The highest BCUT2D eigenvalue weighted by Crippen LogP contribution is 2.61. The van der Waals surface area contributed by atoms with Crippen molar-refractivity contribution >= 4 is 69.1 Å². The Morgan fingerprint density at radius 1 is 0.941 bits per heavy atom. The number of phosphoric ester groups is 3. The lowest BCUT2D eigenvalue weighted by molar-refractivity contribution is -0.137. The van der Waals surface area contributed by atoms with E-state index in [2.05, 4.69) is 65.6 Å². The molecule has 2 aromatic rings. The summed E-state index contributed by atoms with van der Waals surface area (Å²) in [5.41, 5.74) is 4.24. The zero-order chi connectivity index (χ0) is 50.5. The number of unbranched alkanes of at least 4 members (excludes halogenated alkanes) is 3. The molecular formula is C39H64N7O18P3S. The Bertz CT molecular complexity index is 2180. The second-order valence-electron chi connectivity index (χ2n) is 16.1. The number of imidazole rings is 1. The first-order valence-corrected chi connectivity index (χ1v) is 27.1. The molecule has 384 valence electrons. The van der Waals surface area contributed by atoms with Crippen LogP contribution in [0.3, 0.4) is 0 Å². The Labute approximate surface area is 397 Å². The molecule has 3 heterocycles. The van der Waals surface area contributed by atoms with Crippen molar-refractivity contribution in [3.8, 4) is 0 Å². The summed E-state index contributed by atoms with van der Waals surface area (Å²) in [5.74, 6) is -1.27. The van der Waals surface area contributed by atoms with Crippen molar-refractivity contribution < 1.29 is 85.6 Å². The number of allylic oxidation sites excluding steroid dienone is 6. The molecule has 1 saturated heterocycles. The van der Waals surface area contributed by atoms with Gasteiger partial charge in [-0.15, -0.1) is 0 Å². The van der Waals surface area contributed by atoms with Gasteiger partial charge in [-0.05, 0) is 38.5 Å². The third-order valence-corrected chi connectivity index (χ3v) is 13.8. The van der Waals surface area contributed by atoms with Crippen LogP contribution >= 0.6 is 35.2 Å². The first-order valence-electron chi connectivity index (χ1n) is 21.6. The highest BCUT2D eigenvalue weighted by Gasteiger charge is 2.50. The molecule has 11 N–H and O–H groups in total. The summed E-state index contributed by atoms with van der Waals surface area (Å²) in [5, 5.41) is 36.5. The molecule has 68 heavy (non-hydrogen) atoms. The standard InChI is InChI=1S/C39H64N7O18P3S/c1-4-5-6-7-8-9-10-11-12-13-14-15-16-17-27(47)22-30(49)68-21-20-41-29(48)18-19-42-37(52)34(51)39(2,3)24-61-67(58,59)64-66(56,57)60-23-28-33(63-65(53,54)55)32(50)38(62-28)46-26-45-31-35(40)43-25-44-36(31)46/h8-9,11-12,14-15,25-28,32-34,38,47,50-51H,4-7,10,13,16-24H2,1-3H3,(H,41,48)(H,42,52)(H,56,57)(H,58,59)(H2,40,43,44)(H2,53,54,55)/b9-8-,12-11-,15-14-/t27-,28-,32-,33-,34+,38-/m1/s1. The van der Waals surface area contributed by atoms with Gasteiger partial charge < -0.3 is 56.0 Å². The first-order chi connectivity index (χ1) is 31.9. The molecule has 29 heteroatoms. The van der Waals surface area contributed by atoms with Gasteiger partial charge in [-0.1, -0.05) is 81.8 Å². The van der Waals surface area contributed by atoms with Gasteiger partial charge in [0.05, 0.1) is 25.6 Å². The molecule has 0 aromatic carbocycles. The van der Waals surface area contributed by atoms with E-state index in [1.165, 1.54) is 33.1 Å². The van der Waals surface area contributed by atoms with Crippen LogP contribution in [0.2, 0.25) is 0 Å². The minimum atomic E-state index is -5.59. The van der Waals surface area contributed by atoms with Gasteiger partial charge in [-0.3, -0.25) is 32.5 Å². The monoisotopic (exact) mass is 1040 g/mol. The molecule has 1 fully saturated rings. The average molecular weight is 1040 g/mol. The second-order valence-corrected chi connectivity index (χ2v) is 21.5. The van der Waals surface area contributed by atoms with Crippen LogP contribution < -0.4 is 16.4 Å². The number of amides is 2. The zero-order valence-electron chi connectivity index (χ0n) is 37.9. The summed E-state index contributed by atoms with van der Waals surface area (Å²) in [6.07, 6.45) is 12.3. The first kappa shape index (κ1) is 59.1. The lowest BCUT2D eigenvalue weighted by atomic mass is 9.87. The number of ether oxygens (including phenoxy) is 1. The number of rotatable bonds is 32. The quantitative estimate of drug-likeness (QED) is 0.0286. The van der Waals surface area contributed by atoms with E-state index in [-0.39, 0.29) is 53.8 Å². The fourth-order valence-corrected chi connectivity index (χ4v) is 9.80. The summed E-state index contributed by atoms with van der Waals surface area (Å²) >= 11 is 0.968. The molecule has 0 saturated carbocycles. The molecule has 3 rings (SSSR count). The van der Waals surface area contributed by atoms with Crippen LogP contribution in [0, 0.1) is 5.41 Å². The molecule has 2 amide bonds. The molecule has 0 aliphatic carbocycles. The number of anilines is 1. The van der Waals surface area contributed by atoms with Gasteiger partial charge in [0.25, 0.3) is 0 Å². The van der Waals surface area contributed by atoms with Gasteiger partial charge in [0.1, 0.15) is 36.3 Å². The maximum Gasteiger partial charge on any atom is 0.481 e. The smallest absolute Gasteiger partial charge is 0.393 e. The maximum absolute atomic E-state index is 12.7. The minimum Gasteiger partial charge on any atom is -0.393 e. The summed E-state index contributed by atoms with van der Waals surface area (Å²) < 4.78 is 62.4. The molecule has 1 aliphatic heterocycles. The second kappa shape index (κ2) is 28.6. The van der Waals surface area contributed by atoms with Gasteiger partial charge in [0.15, 0.2) is 22.8 Å². The van der Waals surface area contributed by atoms with Gasteiger partial charge in [-0.25, -0.2) is 28.6 Å². The average Bonchev–Trinajstić information content (AvgIpc) is 3.82. The number of aliphatic hydroxyl groups is 3. The number of nitrogen functional groups attached to an aromatic ring is 1. The van der Waals surface area contributed by atoms with Crippen molar-refractivity contribution in [2.24, 2.45) is 5.41 Å². The molecule has 2 aromatic heterocycles. The predicted molar refractivity (Wildman–Crippen MR) is 248 cm³/mol. The summed E-state index contributed by atoms with van der Waals surface area (Å²) in [6.45, 7) is 2.53. The fraction of sp³-hybridized carbons (Fsp3) is 0.641. The van der Waals surface area contributed by atoms with Crippen LogP contribution in [0.25, 0.3) is 11.2 Å². The van der Waals surface area contributed by atoms with Gasteiger partial charge in [-0.2, -0.15) is 4.31 Å². The van der Waals surface area contributed by atoms with Gasteiger partial charge in [0.2, 0.25) is 11.8 Å². The third-order valence-electron chi connectivity index (χ3n) is 9.85. The lowest BCUT2D eigenvalue weighted by Crippen LogP contribution is -2.46. The zero-order valence-corrected chi connectivity index (χ0v) is 41.4. The SMILES string of the molecule is CCCCC/C=C\C/C=C\C/C=C\CC[C@@H](O)CC(=O)SCCNC(=O)CCNC(=O)[C@H](O)C(C)(C)COP(=O)(O)OP(=O)(O)OC[C@H]1O[C@@H](n2cnc3c(N)ncnc32)[C@H](O)[C@@H]1OP(=O)(O)O. The van der Waals surface area contributed by atoms with E-state index in [1.54, 1.807) is 0 Å². The molecular weight excluding hydrogens is 979 g/mol. The van der Waals surface area contributed by atoms with E-state index in [1.807, 2.05) is 12.2 Å². The van der Waals surface area contributed by atoms with Crippen LogP contribution in [0.15, 0.2) is 49.1 Å². The van der Waals surface area contributed by atoms with Gasteiger partial charge >= 0.3 is 23.5 Å². The van der Waals surface area contributed by atoms with Crippen molar-refractivity contribution in [3.63, 3.8) is 0 Å². The number of phosphoric acid groups is 3. The molecule has 0 radical (unpaired) electrons. The highest BCUT2D eigenvalue weighted by molar-refractivity contribution is 8.13. The number of nitrogens with one attached hydrogen (secondary N) is 2. The number of hydrogen-bond acceptors (Lipinski definition) is 19. The normalized spacial score (nSPS) is 20.8. The summed E-state index contributed by atoms with van der Waals surface area (Å²) in [4.78, 5) is 88.4. The Hall–Kier alpha value is -3.26. The van der Waals surface area contributed by atoms with Crippen molar-refractivity contribution in [2.75, 3.05) is 37.8 Å². The predicted octanol–water partition coefficient (Wildman–Crippen LogP) is 3.23. The molecule has 0 spiro atoms. The van der Waals surface area contributed by atoms with E-state index >= 15 is 0 Å². The highest BCUT2D eigenvalue weighted by atomic mass is 32.2. The minimum absolute atomic E-state index is 0.0254.